The first-order chi connectivity index (χ1) is 14.4. The fourth-order valence-corrected chi connectivity index (χ4v) is 4.08. The molecule has 0 unspecified atom stereocenters. The molecule has 0 fully saturated rings. The van der Waals surface area contributed by atoms with Crippen molar-refractivity contribution in [3.8, 4) is 17.1 Å². The summed E-state index contributed by atoms with van der Waals surface area (Å²) in [6.45, 7) is 2.41. The molecule has 0 saturated heterocycles. The molecule has 0 aliphatic heterocycles. The summed E-state index contributed by atoms with van der Waals surface area (Å²) in [4.78, 5) is 17.9. The van der Waals surface area contributed by atoms with Crippen molar-refractivity contribution in [2.45, 2.75) is 13.5 Å². The van der Waals surface area contributed by atoms with Crippen LogP contribution in [0.3, 0.4) is 0 Å². The molecular formula is C23H17Cl3N2O2. The molecule has 0 saturated carbocycles. The summed E-state index contributed by atoms with van der Waals surface area (Å²) in [7, 11) is 0. The number of para-hydroxylation sites is 1. The lowest BCUT2D eigenvalue weighted by atomic mass is 10.2. The highest BCUT2D eigenvalue weighted by atomic mass is 35.5. The van der Waals surface area contributed by atoms with E-state index in [4.69, 9.17) is 44.5 Å². The molecule has 0 atom stereocenters. The molecule has 0 N–H and O–H groups in total. The van der Waals surface area contributed by atoms with E-state index in [1.165, 1.54) is 0 Å². The van der Waals surface area contributed by atoms with Crippen LogP contribution in [-0.4, -0.2) is 16.2 Å². The van der Waals surface area contributed by atoms with E-state index in [0.717, 1.165) is 11.1 Å². The van der Waals surface area contributed by atoms with Gasteiger partial charge in [0.15, 0.2) is 0 Å². The van der Waals surface area contributed by atoms with E-state index in [-0.39, 0.29) is 12.2 Å². The van der Waals surface area contributed by atoms with Gasteiger partial charge in [0.2, 0.25) is 0 Å². The maximum Gasteiger partial charge on any atom is 0.261 e. The molecule has 30 heavy (non-hydrogen) atoms. The highest BCUT2D eigenvalue weighted by molar-refractivity contribution is 6.35. The maximum absolute atomic E-state index is 13.2. The Labute approximate surface area is 188 Å². The van der Waals surface area contributed by atoms with Crippen LogP contribution in [0, 0.1) is 6.92 Å². The SMILES string of the molecule is Cc1cc(Cl)cc(Cl)c1OCCn1c(-c2ccc(Cl)cc2)nc2ccccc2c1=O. The molecule has 1 heterocycles. The van der Waals surface area contributed by atoms with Gasteiger partial charge in [-0.3, -0.25) is 9.36 Å². The van der Waals surface area contributed by atoms with Crippen molar-refractivity contribution in [3.05, 3.63) is 91.6 Å². The smallest absolute Gasteiger partial charge is 0.261 e. The number of aryl methyl sites for hydroxylation is 1. The van der Waals surface area contributed by atoms with Gasteiger partial charge in [-0.25, -0.2) is 4.98 Å². The summed E-state index contributed by atoms with van der Waals surface area (Å²) in [6, 6.07) is 17.9. The molecule has 1 aromatic heterocycles. The largest absolute Gasteiger partial charge is 0.490 e. The van der Waals surface area contributed by atoms with E-state index >= 15 is 0 Å². The lowest BCUT2D eigenvalue weighted by Crippen LogP contribution is -2.26. The number of aromatic nitrogens is 2. The van der Waals surface area contributed by atoms with Crippen LogP contribution in [0.2, 0.25) is 15.1 Å². The number of benzene rings is 3. The van der Waals surface area contributed by atoms with Crippen molar-refractivity contribution in [2.75, 3.05) is 6.61 Å². The van der Waals surface area contributed by atoms with Crippen LogP contribution in [0.5, 0.6) is 5.75 Å². The topological polar surface area (TPSA) is 44.1 Å². The second-order valence-electron chi connectivity index (χ2n) is 6.80. The molecule has 4 aromatic rings. The lowest BCUT2D eigenvalue weighted by Gasteiger charge is -2.16. The minimum absolute atomic E-state index is 0.131. The first-order valence-electron chi connectivity index (χ1n) is 9.28. The zero-order chi connectivity index (χ0) is 21.3. The molecule has 3 aromatic carbocycles. The number of nitrogens with zero attached hydrogens (tertiary/aromatic N) is 2. The Balaban J connectivity index is 1.72. The van der Waals surface area contributed by atoms with E-state index < -0.39 is 0 Å². The van der Waals surface area contributed by atoms with Crippen LogP contribution < -0.4 is 10.3 Å². The fraction of sp³-hybridized carbons (Fsp3) is 0.130. The maximum atomic E-state index is 13.2. The number of hydrogen-bond acceptors (Lipinski definition) is 3. The quantitative estimate of drug-likeness (QED) is 0.346. The van der Waals surface area contributed by atoms with E-state index in [9.17, 15) is 4.79 Å². The Morgan fingerprint density at radius 1 is 0.967 bits per heavy atom. The van der Waals surface area contributed by atoms with Gasteiger partial charge >= 0.3 is 0 Å². The molecule has 0 spiro atoms. The summed E-state index contributed by atoms with van der Waals surface area (Å²) in [6.07, 6.45) is 0. The van der Waals surface area contributed by atoms with E-state index in [1.54, 1.807) is 34.9 Å². The van der Waals surface area contributed by atoms with E-state index in [2.05, 4.69) is 0 Å². The molecule has 0 aliphatic rings. The first-order valence-corrected chi connectivity index (χ1v) is 10.4. The molecule has 0 bridgehead atoms. The van der Waals surface area contributed by atoms with E-state index in [0.29, 0.717) is 44.1 Å². The number of rotatable bonds is 5. The highest BCUT2D eigenvalue weighted by Crippen LogP contribution is 2.32. The predicted molar refractivity (Wildman–Crippen MR) is 123 cm³/mol. The Kier molecular flexibility index (Phi) is 6.00. The van der Waals surface area contributed by atoms with Crippen LogP contribution in [0.1, 0.15) is 5.56 Å². The lowest BCUT2D eigenvalue weighted by molar-refractivity contribution is 0.295. The average Bonchev–Trinajstić information content (AvgIpc) is 2.72. The summed E-state index contributed by atoms with van der Waals surface area (Å²) in [5, 5.41) is 2.15. The Morgan fingerprint density at radius 3 is 2.43 bits per heavy atom. The average molecular weight is 460 g/mol. The van der Waals surface area contributed by atoms with Crippen LogP contribution in [0.15, 0.2) is 65.5 Å². The van der Waals surface area contributed by atoms with Gasteiger partial charge in [-0.2, -0.15) is 0 Å². The van der Waals surface area contributed by atoms with Crippen molar-refractivity contribution in [3.63, 3.8) is 0 Å². The van der Waals surface area contributed by atoms with Crippen molar-refractivity contribution < 1.29 is 4.74 Å². The molecule has 0 amide bonds. The highest BCUT2D eigenvalue weighted by Gasteiger charge is 2.14. The molecule has 4 nitrogen and oxygen atoms in total. The van der Waals surface area contributed by atoms with Gasteiger partial charge in [0.05, 0.1) is 22.5 Å². The predicted octanol–water partition coefficient (Wildman–Crippen LogP) is 6.41. The van der Waals surface area contributed by atoms with Gasteiger partial charge in [-0.15, -0.1) is 0 Å². The number of hydrogen-bond donors (Lipinski definition) is 0. The monoisotopic (exact) mass is 458 g/mol. The van der Waals surface area contributed by atoms with Crippen LogP contribution >= 0.6 is 34.8 Å². The van der Waals surface area contributed by atoms with Gasteiger partial charge in [-0.1, -0.05) is 46.9 Å². The zero-order valence-corrected chi connectivity index (χ0v) is 18.3. The van der Waals surface area contributed by atoms with Gasteiger partial charge in [0, 0.05) is 15.6 Å². The molecular weight excluding hydrogens is 443 g/mol. The third-order valence-corrected chi connectivity index (χ3v) is 5.47. The molecule has 4 rings (SSSR count). The molecule has 7 heteroatoms. The number of halogens is 3. The van der Waals surface area contributed by atoms with Crippen molar-refractivity contribution >= 4 is 45.7 Å². The third kappa shape index (κ3) is 4.17. The Bertz CT molecular complexity index is 1260. The number of fused-ring (bicyclic) bond motifs is 1. The first kappa shape index (κ1) is 20.7. The second-order valence-corrected chi connectivity index (χ2v) is 8.08. The summed E-state index contributed by atoms with van der Waals surface area (Å²) in [5.74, 6) is 1.11. The van der Waals surface area contributed by atoms with Gasteiger partial charge in [-0.05, 0) is 61.0 Å². The molecule has 152 valence electrons. The molecule has 0 aliphatic carbocycles. The summed E-state index contributed by atoms with van der Waals surface area (Å²) in [5.41, 5.74) is 2.13. The van der Waals surface area contributed by atoms with Gasteiger partial charge in [0.25, 0.3) is 5.56 Å². The third-order valence-electron chi connectivity index (χ3n) is 4.72. The minimum Gasteiger partial charge on any atom is -0.490 e. The Hall–Kier alpha value is -2.53. The summed E-state index contributed by atoms with van der Waals surface area (Å²) >= 11 is 18.3. The van der Waals surface area contributed by atoms with E-state index in [1.807, 2.05) is 37.3 Å². The van der Waals surface area contributed by atoms with Gasteiger partial charge in [0.1, 0.15) is 18.2 Å². The molecule has 0 radical (unpaired) electrons. The Morgan fingerprint density at radius 2 is 1.70 bits per heavy atom. The standard InChI is InChI=1S/C23H17Cl3N2O2/c1-14-12-17(25)13-19(26)21(14)30-11-10-28-22(15-6-8-16(24)9-7-15)27-20-5-3-2-4-18(20)23(28)29/h2-9,12-13H,10-11H2,1H3. The fourth-order valence-electron chi connectivity index (χ4n) is 3.31. The number of ether oxygens (including phenoxy) is 1. The van der Waals surface area contributed by atoms with Crippen molar-refractivity contribution in [2.24, 2.45) is 0 Å². The zero-order valence-electron chi connectivity index (χ0n) is 16.0. The summed E-state index contributed by atoms with van der Waals surface area (Å²) < 4.78 is 7.52. The van der Waals surface area contributed by atoms with Crippen molar-refractivity contribution in [1.82, 2.24) is 9.55 Å². The van der Waals surface area contributed by atoms with Gasteiger partial charge < -0.3 is 4.74 Å². The van der Waals surface area contributed by atoms with Crippen LogP contribution in [0.25, 0.3) is 22.3 Å². The second kappa shape index (κ2) is 8.68. The minimum atomic E-state index is -0.131. The van der Waals surface area contributed by atoms with Crippen LogP contribution in [-0.2, 0) is 6.54 Å². The van der Waals surface area contributed by atoms with Crippen LogP contribution in [0.4, 0.5) is 0 Å². The normalized spacial score (nSPS) is 11.1. The van der Waals surface area contributed by atoms with Crippen molar-refractivity contribution in [1.29, 1.82) is 0 Å².